The van der Waals surface area contributed by atoms with Gasteiger partial charge < -0.3 is 9.52 Å². The van der Waals surface area contributed by atoms with Crippen LogP contribution in [-0.4, -0.2) is 16.3 Å². The summed E-state index contributed by atoms with van der Waals surface area (Å²) >= 11 is 0. The molecule has 0 aliphatic heterocycles. The Bertz CT molecular complexity index is 2270. The number of hydrogen-bond donors (Lipinski definition) is 1. The summed E-state index contributed by atoms with van der Waals surface area (Å²) < 4.78 is 6.40. The molecule has 0 amide bonds. The van der Waals surface area contributed by atoms with E-state index in [-0.39, 0.29) is 11.2 Å². The number of phenols is 1. The first-order valence-corrected chi connectivity index (χ1v) is 16.2. The fourth-order valence-corrected chi connectivity index (χ4v) is 6.14. The van der Waals surface area contributed by atoms with Gasteiger partial charge in [0.15, 0.2) is 5.58 Å². The van der Waals surface area contributed by atoms with Gasteiger partial charge in [0.1, 0.15) is 11.3 Å². The number of phenolic OH excluding ortho intramolecular Hbond substituents is 1. The summed E-state index contributed by atoms with van der Waals surface area (Å²) in [6.07, 6.45) is 1.71. The summed E-state index contributed by atoms with van der Waals surface area (Å²) in [7, 11) is 0. The van der Waals surface area contributed by atoms with Crippen molar-refractivity contribution < 1.29 is 9.52 Å². The molecule has 0 fully saturated rings. The van der Waals surface area contributed by atoms with Gasteiger partial charge in [-0.25, -0.2) is 4.98 Å². The van der Waals surface area contributed by atoms with Crippen molar-refractivity contribution in [1.29, 1.82) is 0 Å². The number of oxazole rings is 1. The lowest BCUT2D eigenvalue weighted by atomic mass is 9.86. The molecule has 0 spiro atoms. The molecular weight excluding hydrogens is 576 g/mol. The Morgan fingerprint density at radius 2 is 1.38 bits per heavy atom. The molecule has 4 nitrogen and oxygen atoms in total. The molecule has 7 rings (SSSR count). The lowest BCUT2D eigenvalue weighted by Crippen LogP contribution is -2.11. The average molecular weight is 615 g/mol. The number of aliphatic imine (C=N–C) groups is 1. The molecule has 4 heteroatoms. The fourth-order valence-electron chi connectivity index (χ4n) is 6.14. The first-order chi connectivity index (χ1) is 22.7. The molecule has 0 unspecified atom stereocenters. The Hall–Kier alpha value is -5.48. The number of aromatic hydroxyl groups is 1. The van der Waals surface area contributed by atoms with Crippen molar-refractivity contribution in [2.75, 3.05) is 0 Å². The second-order valence-electron chi connectivity index (χ2n) is 13.5. The predicted octanol–water partition coefficient (Wildman–Crippen LogP) is 11.9. The minimum atomic E-state index is -0.0468. The zero-order valence-corrected chi connectivity index (χ0v) is 27.5. The van der Waals surface area contributed by atoms with Crippen LogP contribution in [0, 0.1) is 0 Å². The SMILES string of the molecule is CC(C)c1ccc(-c2ccc(-c3cccc4oc(-c5ccccc5N=Cc5cc(C(C)(C)C)ccc5O)nc34)c3ccccc23)cc1. The summed E-state index contributed by atoms with van der Waals surface area (Å²) in [5.41, 5.74) is 10.6. The van der Waals surface area contributed by atoms with Crippen LogP contribution in [0.2, 0.25) is 0 Å². The normalized spacial score (nSPS) is 12.1. The Morgan fingerprint density at radius 3 is 2.13 bits per heavy atom. The molecule has 1 heterocycles. The van der Waals surface area contributed by atoms with E-state index >= 15 is 0 Å². The molecule has 6 aromatic carbocycles. The van der Waals surface area contributed by atoms with E-state index in [1.807, 2.05) is 48.5 Å². The number of rotatable bonds is 6. The van der Waals surface area contributed by atoms with Gasteiger partial charge >= 0.3 is 0 Å². The lowest BCUT2D eigenvalue weighted by molar-refractivity contribution is 0.473. The van der Waals surface area contributed by atoms with Crippen LogP contribution in [0.4, 0.5) is 5.69 Å². The van der Waals surface area contributed by atoms with E-state index in [0.717, 1.165) is 33.2 Å². The van der Waals surface area contributed by atoms with E-state index in [1.54, 1.807) is 12.3 Å². The van der Waals surface area contributed by atoms with Crippen LogP contribution in [0.25, 0.3) is 55.6 Å². The molecule has 0 saturated heterocycles. The molecule has 0 atom stereocenters. The standard InChI is InChI=1S/C43H38N2O2/c1-27(2)28-17-19-29(20-18-28)32-22-23-35(34-12-7-6-11-33(32)34)36-14-10-16-40-41(36)45-42(47-40)37-13-8-9-15-38(37)44-26-30-25-31(43(3,4)5)21-24-39(30)46/h6-27,46H,1-5H3. The van der Waals surface area contributed by atoms with Gasteiger partial charge in [0.25, 0.3) is 0 Å². The van der Waals surface area contributed by atoms with E-state index in [0.29, 0.717) is 28.6 Å². The second kappa shape index (κ2) is 12.0. The van der Waals surface area contributed by atoms with E-state index in [9.17, 15) is 5.11 Å². The number of benzene rings is 6. The van der Waals surface area contributed by atoms with Gasteiger partial charge in [-0.2, -0.15) is 0 Å². The minimum Gasteiger partial charge on any atom is -0.507 e. The minimum absolute atomic E-state index is 0.0468. The van der Waals surface area contributed by atoms with Gasteiger partial charge in [0, 0.05) is 17.3 Å². The van der Waals surface area contributed by atoms with Crippen molar-refractivity contribution >= 4 is 33.8 Å². The maximum absolute atomic E-state index is 10.6. The molecular formula is C43H38N2O2. The van der Waals surface area contributed by atoms with E-state index in [1.165, 1.54) is 22.1 Å². The third kappa shape index (κ3) is 5.83. The Morgan fingerprint density at radius 1 is 0.702 bits per heavy atom. The van der Waals surface area contributed by atoms with Crippen LogP contribution in [0.3, 0.4) is 0 Å². The Labute approximate surface area is 276 Å². The van der Waals surface area contributed by atoms with Crippen LogP contribution in [-0.2, 0) is 5.41 Å². The van der Waals surface area contributed by atoms with Gasteiger partial charge in [-0.1, -0.05) is 126 Å². The quantitative estimate of drug-likeness (QED) is 0.190. The molecule has 7 aromatic rings. The lowest BCUT2D eigenvalue weighted by Gasteiger charge is -2.19. The molecule has 0 aliphatic rings. The number of hydrogen-bond acceptors (Lipinski definition) is 4. The highest BCUT2D eigenvalue weighted by atomic mass is 16.3. The molecule has 0 radical (unpaired) electrons. The summed E-state index contributed by atoms with van der Waals surface area (Å²) in [6, 6.07) is 41.5. The van der Waals surface area contributed by atoms with Gasteiger partial charge in [-0.3, -0.25) is 4.99 Å². The molecule has 232 valence electrons. The fraction of sp³-hybridized carbons (Fsp3) is 0.163. The maximum Gasteiger partial charge on any atom is 0.229 e. The zero-order valence-electron chi connectivity index (χ0n) is 27.5. The van der Waals surface area contributed by atoms with E-state index in [4.69, 9.17) is 14.4 Å². The van der Waals surface area contributed by atoms with Gasteiger partial charge in [0.05, 0.1) is 11.3 Å². The van der Waals surface area contributed by atoms with Crippen molar-refractivity contribution in [3.05, 3.63) is 138 Å². The molecule has 47 heavy (non-hydrogen) atoms. The third-order valence-electron chi connectivity index (χ3n) is 8.89. The molecule has 0 bridgehead atoms. The predicted molar refractivity (Wildman–Crippen MR) is 196 cm³/mol. The summed E-state index contributed by atoms with van der Waals surface area (Å²) in [5.74, 6) is 1.18. The number of nitrogens with zero attached hydrogens (tertiary/aromatic N) is 2. The van der Waals surface area contributed by atoms with Crippen molar-refractivity contribution in [3.8, 4) is 39.5 Å². The summed E-state index contributed by atoms with van der Waals surface area (Å²) in [5, 5.41) is 12.9. The topological polar surface area (TPSA) is 58.6 Å². The Balaban J connectivity index is 1.30. The molecule has 0 saturated carbocycles. The van der Waals surface area contributed by atoms with Crippen molar-refractivity contribution in [3.63, 3.8) is 0 Å². The van der Waals surface area contributed by atoms with Gasteiger partial charge in [-0.15, -0.1) is 0 Å². The average Bonchev–Trinajstić information content (AvgIpc) is 3.52. The van der Waals surface area contributed by atoms with Crippen LogP contribution in [0.5, 0.6) is 5.75 Å². The van der Waals surface area contributed by atoms with Crippen LogP contribution < -0.4 is 0 Å². The molecule has 1 aromatic heterocycles. The summed E-state index contributed by atoms with van der Waals surface area (Å²) in [6.45, 7) is 10.9. The van der Waals surface area contributed by atoms with Gasteiger partial charge in [0.2, 0.25) is 5.89 Å². The van der Waals surface area contributed by atoms with Gasteiger partial charge in [-0.05, 0) is 80.3 Å². The molecule has 1 N–H and O–H groups in total. The first-order valence-electron chi connectivity index (χ1n) is 16.2. The Kier molecular flexibility index (Phi) is 7.73. The van der Waals surface area contributed by atoms with Crippen molar-refractivity contribution in [1.82, 2.24) is 4.98 Å². The summed E-state index contributed by atoms with van der Waals surface area (Å²) in [4.78, 5) is 9.86. The van der Waals surface area contributed by atoms with Crippen molar-refractivity contribution in [2.45, 2.75) is 46.0 Å². The zero-order chi connectivity index (χ0) is 32.7. The second-order valence-corrected chi connectivity index (χ2v) is 13.5. The largest absolute Gasteiger partial charge is 0.507 e. The highest BCUT2D eigenvalue weighted by Gasteiger charge is 2.18. The van der Waals surface area contributed by atoms with Crippen LogP contribution in [0.15, 0.2) is 131 Å². The number of fused-ring (bicyclic) bond motifs is 2. The van der Waals surface area contributed by atoms with E-state index < -0.39 is 0 Å². The smallest absolute Gasteiger partial charge is 0.229 e. The monoisotopic (exact) mass is 614 g/mol. The maximum atomic E-state index is 10.6. The highest BCUT2D eigenvalue weighted by molar-refractivity contribution is 6.08. The number of para-hydroxylation sites is 2. The first kappa shape index (κ1) is 30.2. The van der Waals surface area contributed by atoms with Crippen molar-refractivity contribution in [2.24, 2.45) is 4.99 Å². The van der Waals surface area contributed by atoms with E-state index in [2.05, 4.69) is 101 Å². The third-order valence-corrected chi connectivity index (χ3v) is 8.89. The number of aromatic nitrogens is 1. The van der Waals surface area contributed by atoms with Crippen LogP contribution in [0.1, 0.15) is 57.2 Å². The highest BCUT2D eigenvalue weighted by Crippen LogP contribution is 2.40. The molecule has 0 aliphatic carbocycles. The van der Waals surface area contributed by atoms with Crippen LogP contribution >= 0.6 is 0 Å².